The smallest absolute Gasteiger partial charge is 0.215 e. The van der Waals surface area contributed by atoms with Crippen molar-refractivity contribution in [2.24, 2.45) is 16.7 Å². The van der Waals surface area contributed by atoms with Crippen LogP contribution in [0.3, 0.4) is 0 Å². The predicted molar refractivity (Wildman–Crippen MR) is 87.0 cm³/mol. The first-order chi connectivity index (χ1) is 10.2. The quantitative estimate of drug-likeness (QED) is 0.797. The van der Waals surface area contributed by atoms with E-state index in [2.05, 4.69) is 20.8 Å². The van der Waals surface area contributed by atoms with Crippen molar-refractivity contribution in [1.29, 1.82) is 0 Å². The average Bonchev–Trinajstić information content (AvgIpc) is 2.81. The van der Waals surface area contributed by atoms with E-state index < -0.39 is 15.4 Å². The number of Topliss-reactive ketones (excluding diaryl/α,β-unsaturated/α-hetero) is 1. The van der Waals surface area contributed by atoms with E-state index in [0.29, 0.717) is 18.9 Å². The van der Waals surface area contributed by atoms with Crippen LogP contribution in [-0.4, -0.2) is 36.8 Å². The monoisotopic (exact) mass is 327 g/mol. The molecule has 0 aromatic rings. The molecular formula is C17H29NO3S. The van der Waals surface area contributed by atoms with Crippen LogP contribution in [0.2, 0.25) is 0 Å². The molecule has 1 aliphatic heterocycles. The molecule has 0 N–H and O–H groups in total. The molecule has 1 heterocycles. The topological polar surface area (TPSA) is 54.5 Å². The third-order valence-corrected chi connectivity index (χ3v) is 9.02. The van der Waals surface area contributed by atoms with E-state index in [1.165, 1.54) is 0 Å². The molecule has 126 valence electrons. The summed E-state index contributed by atoms with van der Waals surface area (Å²) in [4.78, 5) is 12.6. The largest absolute Gasteiger partial charge is 0.299 e. The molecule has 3 unspecified atom stereocenters. The van der Waals surface area contributed by atoms with Gasteiger partial charge in [-0.15, -0.1) is 0 Å². The summed E-state index contributed by atoms with van der Waals surface area (Å²) in [7, 11) is -3.36. The lowest BCUT2D eigenvalue weighted by molar-refractivity contribution is -0.128. The molecule has 3 fully saturated rings. The molecule has 3 rings (SSSR count). The molecule has 0 spiro atoms. The molecular weight excluding hydrogens is 298 g/mol. The zero-order valence-corrected chi connectivity index (χ0v) is 14.9. The molecule has 2 aliphatic carbocycles. The van der Waals surface area contributed by atoms with Crippen LogP contribution in [-0.2, 0) is 14.8 Å². The third kappa shape index (κ3) is 2.19. The number of piperidine rings is 1. The zero-order chi connectivity index (χ0) is 16.2. The van der Waals surface area contributed by atoms with Gasteiger partial charge in [0.25, 0.3) is 0 Å². The molecule has 3 atom stereocenters. The summed E-state index contributed by atoms with van der Waals surface area (Å²) >= 11 is 0. The van der Waals surface area contributed by atoms with Crippen molar-refractivity contribution in [3.8, 4) is 0 Å². The minimum absolute atomic E-state index is 0.0405. The molecule has 0 radical (unpaired) electrons. The minimum atomic E-state index is -3.36. The van der Waals surface area contributed by atoms with Gasteiger partial charge in [0.2, 0.25) is 10.0 Å². The molecule has 0 aromatic heterocycles. The van der Waals surface area contributed by atoms with E-state index >= 15 is 0 Å². The highest BCUT2D eigenvalue weighted by molar-refractivity contribution is 7.89. The van der Waals surface area contributed by atoms with Gasteiger partial charge >= 0.3 is 0 Å². The van der Waals surface area contributed by atoms with E-state index in [-0.39, 0.29) is 23.0 Å². The number of hydrogen-bond acceptors (Lipinski definition) is 3. The van der Waals surface area contributed by atoms with Crippen molar-refractivity contribution in [3.63, 3.8) is 0 Å². The molecule has 3 aliphatic rings. The van der Waals surface area contributed by atoms with Crippen LogP contribution in [0.1, 0.15) is 65.7 Å². The maximum absolute atomic E-state index is 13.1. The van der Waals surface area contributed by atoms with Gasteiger partial charge in [-0.3, -0.25) is 4.79 Å². The van der Waals surface area contributed by atoms with Crippen LogP contribution < -0.4 is 0 Å². The summed E-state index contributed by atoms with van der Waals surface area (Å²) in [5.41, 5.74) is -0.805. The van der Waals surface area contributed by atoms with Gasteiger partial charge in [-0.1, -0.05) is 27.2 Å². The highest BCUT2D eigenvalue weighted by atomic mass is 32.2. The second-order valence-corrected chi connectivity index (χ2v) is 10.0. The Kier molecular flexibility index (Phi) is 3.96. The lowest BCUT2D eigenvalue weighted by Gasteiger charge is -2.40. The molecule has 1 saturated heterocycles. The fourth-order valence-electron chi connectivity index (χ4n) is 5.25. The number of rotatable bonds is 4. The first kappa shape index (κ1) is 16.4. The Bertz CT molecular complexity index is 568. The third-order valence-electron chi connectivity index (χ3n) is 6.97. The Labute approximate surface area is 134 Å². The van der Waals surface area contributed by atoms with Gasteiger partial charge in [0.1, 0.15) is 5.78 Å². The fourth-order valence-corrected chi connectivity index (χ4v) is 7.83. The number of carbonyl (C=O) groups is 1. The van der Waals surface area contributed by atoms with Crippen LogP contribution in [0, 0.1) is 16.7 Å². The van der Waals surface area contributed by atoms with E-state index in [0.717, 1.165) is 38.5 Å². The van der Waals surface area contributed by atoms with Gasteiger partial charge in [0.15, 0.2) is 0 Å². The Morgan fingerprint density at radius 1 is 1.23 bits per heavy atom. The second-order valence-electron chi connectivity index (χ2n) is 8.09. The van der Waals surface area contributed by atoms with Crippen LogP contribution in [0.4, 0.5) is 0 Å². The van der Waals surface area contributed by atoms with Crippen molar-refractivity contribution in [1.82, 2.24) is 4.31 Å². The predicted octanol–water partition coefficient (Wildman–Crippen LogP) is 2.98. The Balaban J connectivity index is 1.89. The normalized spacial score (nSPS) is 38.6. The van der Waals surface area contributed by atoms with Crippen molar-refractivity contribution in [2.75, 3.05) is 12.3 Å². The van der Waals surface area contributed by atoms with Crippen LogP contribution in [0.25, 0.3) is 0 Å². The molecule has 0 aromatic carbocycles. The Hall–Kier alpha value is -0.420. The van der Waals surface area contributed by atoms with Gasteiger partial charge in [-0.2, -0.15) is 4.31 Å². The SMILES string of the molecule is CCC1CCCCN1S(=O)(=O)CC12CCC(CC1=O)C2(C)C. The van der Waals surface area contributed by atoms with Gasteiger partial charge in [0, 0.05) is 24.4 Å². The maximum atomic E-state index is 13.1. The highest BCUT2D eigenvalue weighted by Crippen LogP contribution is 2.64. The molecule has 4 nitrogen and oxygen atoms in total. The lowest BCUT2D eigenvalue weighted by atomic mass is 9.70. The number of sulfonamides is 1. The van der Waals surface area contributed by atoms with Crippen LogP contribution in [0.5, 0.6) is 0 Å². The first-order valence-corrected chi connectivity index (χ1v) is 10.4. The van der Waals surface area contributed by atoms with E-state index in [4.69, 9.17) is 0 Å². The molecule has 22 heavy (non-hydrogen) atoms. The molecule has 2 bridgehead atoms. The summed E-state index contributed by atoms with van der Waals surface area (Å²) in [6.07, 6.45) is 6.23. The number of ketones is 1. The van der Waals surface area contributed by atoms with Crippen molar-refractivity contribution >= 4 is 15.8 Å². The standard InChI is InChI=1S/C17H29NO3S/c1-4-14-7-5-6-10-18(14)22(20,21)12-17-9-8-13(11-15(17)19)16(17,2)3/h13-14H,4-12H2,1-3H3. The molecule has 2 saturated carbocycles. The van der Waals surface area contributed by atoms with Crippen molar-refractivity contribution < 1.29 is 13.2 Å². The van der Waals surface area contributed by atoms with Gasteiger partial charge < -0.3 is 0 Å². The number of hydrogen-bond donors (Lipinski definition) is 0. The van der Waals surface area contributed by atoms with E-state index in [1.807, 2.05) is 0 Å². The molecule has 5 heteroatoms. The van der Waals surface area contributed by atoms with Crippen LogP contribution in [0.15, 0.2) is 0 Å². The van der Waals surface area contributed by atoms with Crippen molar-refractivity contribution in [3.05, 3.63) is 0 Å². The number of nitrogens with zero attached hydrogens (tertiary/aromatic N) is 1. The summed E-state index contributed by atoms with van der Waals surface area (Å²) in [5, 5.41) is 0. The van der Waals surface area contributed by atoms with Gasteiger partial charge in [-0.05, 0) is 43.4 Å². The number of carbonyl (C=O) groups excluding carboxylic acids is 1. The zero-order valence-electron chi connectivity index (χ0n) is 14.1. The van der Waals surface area contributed by atoms with Crippen LogP contribution >= 0.6 is 0 Å². The number of fused-ring (bicyclic) bond motifs is 2. The van der Waals surface area contributed by atoms with Gasteiger partial charge in [-0.25, -0.2) is 8.42 Å². The molecule has 0 amide bonds. The maximum Gasteiger partial charge on any atom is 0.215 e. The lowest BCUT2D eigenvalue weighted by Crippen LogP contribution is -2.50. The minimum Gasteiger partial charge on any atom is -0.299 e. The fraction of sp³-hybridized carbons (Fsp3) is 0.941. The summed E-state index contributed by atoms with van der Waals surface area (Å²) in [6, 6.07) is 0.131. The first-order valence-electron chi connectivity index (χ1n) is 8.77. The summed E-state index contributed by atoms with van der Waals surface area (Å²) < 4.78 is 27.9. The second kappa shape index (κ2) is 5.30. The van der Waals surface area contributed by atoms with E-state index in [9.17, 15) is 13.2 Å². The van der Waals surface area contributed by atoms with Gasteiger partial charge in [0.05, 0.1) is 5.75 Å². The average molecular weight is 327 g/mol. The highest BCUT2D eigenvalue weighted by Gasteiger charge is 2.65. The Morgan fingerprint density at radius 3 is 2.50 bits per heavy atom. The summed E-state index contributed by atoms with van der Waals surface area (Å²) in [6.45, 7) is 6.92. The Morgan fingerprint density at radius 2 is 1.95 bits per heavy atom. The summed E-state index contributed by atoms with van der Waals surface area (Å²) in [5.74, 6) is 0.611. The van der Waals surface area contributed by atoms with E-state index in [1.54, 1.807) is 4.31 Å². The van der Waals surface area contributed by atoms with Crippen molar-refractivity contribution in [2.45, 2.75) is 71.8 Å².